The van der Waals surface area contributed by atoms with E-state index in [-0.39, 0.29) is 23.0 Å². The van der Waals surface area contributed by atoms with Crippen LogP contribution in [0.1, 0.15) is 20.7 Å². The first-order valence-electron chi connectivity index (χ1n) is 9.39. The van der Waals surface area contributed by atoms with Crippen LogP contribution in [0.2, 0.25) is 0 Å². The van der Waals surface area contributed by atoms with Crippen LogP contribution in [0.25, 0.3) is 0 Å². The number of rotatable bonds is 8. The van der Waals surface area contributed by atoms with Crippen molar-refractivity contribution in [3.8, 4) is 17.2 Å². The molecule has 0 fully saturated rings. The Morgan fingerprint density at radius 3 is 1.78 bits per heavy atom. The van der Waals surface area contributed by atoms with Crippen molar-refractivity contribution in [1.82, 2.24) is 0 Å². The van der Waals surface area contributed by atoms with E-state index in [1.807, 2.05) is 0 Å². The highest BCUT2D eigenvalue weighted by molar-refractivity contribution is 6.06. The van der Waals surface area contributed by atoms with Gasteiger partial charge < -0.3 is 24.8 Å². The van der Waals surface area contributed by atoms with Gasteiger partial charge in [0, 0.05) is 22.5 Å². The summed E-state index contributed by atoms with van der Waals surface area (Å²) < 4.78 is 39.3. The minimum absolute atomic E-state index is 0.00324. The third-order valence-electron chi connectivity index (χ3n) is 4.39. The Bertz CT molecular complexity index is 1090. The van der Waals surface area contributed by atoms with E-state index in [2.05, 4.69) is 15.4 Å². The van der Waals surface area contributed by atoms with Crippen LogP contribution < -0.4 is 24.8 Å². The fraction of sp³-hybridized carbons (Fsp3) is 0.130. The number of anilines is 2. The van der Waals surface area contributed by atoms with Gasteiger partial charge in [0.1, 0.15) is 5.75 Å². The Morgan fingerprint density at radius 2 is 1.25 bits per heavy atom. The first-order chi connectivity index (χ1) is 15.4. The van der Waals surface area contributed by atoms with Crippen LogP contribution in [-0.4, -0.2) is 32.6 Å². The number of halogens is 2. The predicted octanol–water partition coefficient (Wildman–Crippen LogP) is 4.81. The molecule has 0 spiro atoms. The second kappa shape index (κ2) is 10.3. The number of carbonyl (C=O) groups is 2. The Balaban J connectivity index is 1.64. The van der Waals surface area contributed by atoms with Gasteiger partial charge in [-0.3, -0.25) is 9.59 Å². The molecule has 0 radical (unpaired) electrons. The van der Waals surface area contributed by atoms with Gasteiger partial charge in [-0.2, -0.15) is 8.78 Å². The second-order valence-electron chi connectivity index (χ2n) is 6.46. The maximum absolute atomic E-state index is 12.5. The zero-order chi connectivity index (χ0) is 23.1. The number of ether oxygens (including phenoxy) is 3. The summed E-state index contributed by atoms with van der Waals surface area (Å²) in [6.07, 6.45) is 0. The lowest BCUT2D eigenvalue weighted by Crippen LogP contribution is -2.14. The Morgan fingerprint density at radius 1 is 0.719 bits per heavy atom. The molecule has 0 bridgehead atoms. The van der Waals surface area contributed by atoms with Crippen molar-refractivity contribution in [2.75, 3.05) is 24.9 Å². The molecule has 0 heterocycles. The minimum atomic E-state index is -3.01. The van der Waals surface area contributed by atoms with Crippen LogP contribution in [0.3, 0.4) is 0 Å². The Labute approximate surface area is 182 Å². The van der Waals surface area contributed by atoms with Crippen molar-refractivity contribution < 1.29 is 32.6 Å². The average Bonchev–Trinajstić information content (AvgIpc) is 2.79. The molecule has 2 amide bonds. The van der Waals surface area contributed by atoms with E-state index in [9.17, 15) is 18.4 Å². The molecule has 9 heteroatoms. The minimum Gasteiger partial charge on any atom is -0.497 e. The molecule has 0 aliphatic heterocycles. The van der Waals surface area contributed by atoms with Gasteiger partial charge in [0.05, 0.1) is 14.2 Å². The highest BCUT2D eigenvalue weighted by Crippen LogP contribution is 2.29. The van der Waals surface area contributed by atoms with Crippen molar-refractivity contribution in [2.45, 2.75) is 6.61 Å². The maximum atomic E-state index is 12.5. The fourth-order valence-electron chi connectivity index (χ4n) is 2.79. The Kier molecular flexibility index (Phi) is 7.22. The Hall–Kier alpha value is -4.14. The quantitative estimate of drug-likeness (QED) is 0.523. The molecular weight excluding hydrogens is 422 g/mol. The molecule has 0 saturated heterocycles. The maximum Gasteiger partial charge on any atom is 0.387 e. The van der Waals surface area contributed by atoms with E-state index in [0.717, 1.165) is 0 Å². The van der Waals surface area contributed by atoms with Crippen LogP contribution in [0, 0.1) is 0 Å². The number of carbonyl (C=O) groups excluding carboxylic acids is 2. The molecule has 0 aromatic heterocycles. The molecule has 2 N–H and O–H groups in total. The van der Waals surface area contributed by atoms with Crippen molar-refractivity contribution in [3.05, 3.63) is 77.9 Å². The zero-order valence-corrected chi connectivity index (χ0v) is 17.2. The molecule has 3 aromatic rings. The molecule has 166 valence electrons. The highest BCUT2D eigenvalue weighted by atomic mass is 19.3. The number of alkyl halides is 2. The van der Waals surface area contributed by atoms with Gasteiger partial charge in [-0.1, -0.05) is 0 Å². The number of methoxy groups -OCH3 is 2. The lowest BCUT2D eigenvalue weighted by atomic mass is 10.1. The SMILES string of the molecule is COc1ccc(NC(=O)c2ccc(NC(=O)c3ccc(OC(F)F)c(OC)c3)cc2)cc1. The average molecular weight is 442 g/mol. The number of hydrogen-bond donors (Lipinski definition) is 2. The van der Waals surface area contributed by atoms with E-state index in [1.54, 1.807) is 55.6 Å². The van der Waals surface area contributed by atoms with Crippen molar-refractivity contribution in [1.29, 1.82) is 0 Å². The molecule has 7 nitrogen and oxygen atoms in total. The van der Waals surface area contributed by atoms with Gasteiger partial charge in [-0.15, -0.1) is 0 Å². The van der Waals surface area contributed by atoms with E-state index in [1.165, 1.54) is 25.3 Å². The molecule has 3 rings (SSSR count). The van der Waals surface area contributed by atoms with Crippen molar-refractivity contribution in [3.63, 3.8) is 0 Å². The van der Waals surface area contributed by atoms with Gasteiger partial charge in [0.25, 0.3) is 11.8 Å². The second-order valence-corrected chi connectivity index (χ2v) is 6.46. The summed E-state index contributed by atoms with van der Waals surface area (Å²) in [5, 5.41) is 5.44. The third kappa shape index (κ3) is 5.72. The van der Waals surface area contributed by atoms with E-state index in [4.69, 9.17) is 9.47 Å². The van der Waals surface area contributed by atoms with Gasteiger partial charge in [0.2, 0.25) is 0 Å². The fourth-order valence-corrected chi connectivity index (χ4v) is 2.79. The van der Waals surface area contributed by atoms with Crippen LogP contribution in [0.4, 0.5) is 20.2 Å². The highest BCUT2D eigenvalue weighted by Gasteiger charge is 2.15. The molecule has 0 unspecified atom stereocenters. The summed E-state index contributed by atoms with van der Waals surface area (Å²) >= 11 is 0. The van der Waals surface area contributed by atoms with E-state index in [0.29, 0.717) is 22.7 Å². The monoisotopic (exact) mass is 442 g/mol. The molecule has 0 aliphatic rings. The summed E-state index contributed by atoms with van der Waals surface area (Å²) in [7, 11) is 2.84. The molecule has 0 atom stereocenters. The summed E-state index contributed by atoms with van der Waals surface area (Å²) in [6, 6.07) is 17.0. The lowest BCUT2D eigenvalue weighted by Gasteiger charge is -2.12. The topological polar surface area (TPSA) is 85.9 Å². The number of amides is 2. The first-order valence-corrected chi connectivity index (χ1v) is 9.39. The third-order valence-corrected chi connectivity index (χ3v) is 4.39. The molecule has 0 saturated carbocycles. The van der Waals surface area contributed by atoms with Gasteiger partial charge in [0.15, 0.2) is 11.5 Å². The van der Waals surface area contributed by atoms with Crippen LogP contribution in [-0.2, 0) is 0 Å². The van der Waals surface area contributed by atoms with E-state index >= 15 is 0 Å². The number of nitrogens with one attached hydrogen (secondary N) is 2. The van der Waals surface area contributed by atoms with Gasteiger partial charge >= 0.3 is 6.61 Å². The summed E-state index contributed by atoms with van der Waals surface area (Å²) in [6.45, 7) is -3.01. The number of benzene rings is 3. The predicted molar refractivity (Wildman–Crippen MR) is 115 cm³/mol. The van der Waals surface area contributed by atoms with Crippen molar-refractivity contribution in [2.24, 2.45) is 0 Å². The summed E-state index contributed by atoms with van der Waals surface area (Å²) in [5.41, 5.74) is 1.64. The van der Waals surface area contributed by atoms with Gasteiger partial charge in [-0.05, 0) is 66.7 Å². The summed E-state index contributed by atoms with van der Waals surface area (Å²) in [4.78, 5) is 24.9. The zero-order valence-electron chi connectivity index (χ0n) is 17.2. The van der Waals surface area contributed by atoms with Crippen molar-refractivity contribution >= 4 is 23.2 Å². The van der Waals surface area contributed by atoms with Crippen LogP contribution >= 0.6 is 0 Å². The molecule has 3 aromatic carbocycles. The standard InChI is InChI=1S/C23H20F2N2O5/c1-30-18-10-8-17(9-11-18)26-21(28)14-3-6-16(7-4-14)27-22(29)15-5-12-19(32-23(24)25)20(13-15)31-2/h3-13,23H,1-2H3,(H,26,28)(H,27,29). The normalized spacial score (nSPS) is 10.4. The largest absolute Gasteiger partial charge is 0.497 e. The van der Waals surface area contributed by atoms with E-state index < -0.39 is 12.5 Å². The van der Waals surface area contributed by atoms with Gasteiger partial charge in [-0.25, -0.2) is 0 Å². The molecule has 0 aliphatic carbocycles. The van der Waals surface area contributed by atoms with Crippen LogP contribution in [0.5, 0.6) is 17.2 Å². The lowest BCUT2D eigenvalue weighted by molar-refractivity contribution is -0.0512. The smallest absolute Gasteiger partial charge is 0.387 e. The first kappa shape index (κ1) is 22.5. The van der Waals surface area contributed by atoms with Crippen LogP contribution in [0.15, 0.2) is 66.7 Å². The molecular formula is C23H20F2N2O5. The molecule has 32 heavy (non-hydrogen) atoms. The summed E-state index contributed by atoms with van der Waals surface area (Å²) in [5.74, 6) is -0.290. The number of hydrogen-bond acceptors (Lipinski definition) is 5.